The van der Waals surface area contributed by atoms with E-state index in [4.69, 9.17) is 0 Å². The van der Waals surface area contributed by atoms with Crippen LogP contribution in [-0.2, 0) is 12.4 Å². The number of pyridine rings is 1. The Labute approximate surface area is 200 Å². The number of halogens is 6. The molecule has 0 spiro atoms. The number of fused-ring (bicyclic) bond motifs is 1. The highest BCUT2D eigenvalue weighted by molar-refractivity contribution is 5.83. The van der Waals surface area contributed by atoms with E-state index >= 15 is 0 Å². The first-order chi connectivity index (χ1) is 17.1. The minimum absolute atomic E-state index is 0.133. The van der Waals surface area contributed by atoms with Gasteiger partial charge in [-0.25, -0.2) is 4.98 Å². The number of hydrogen-bond acceptors (Lipinski definition) is 4. The van der Waals surface area contributed by atoms with Crippen LogP contribution in [0.5, 0.6) is 0 Å². The van der Waals surface area contributed by atoms with Gasteiger partial charge in [-0.15, -0.1) is 0 Å². The molecule has 0 saturated carbocycles. The van der Waals surface area contributed by atoms with Gasteiger partial charge in [-0.05, 0) is 42.5 Å². The second kappa shape index (κ2) is 8.67. The molecule has 3 aromatic heterocycles. The molecule has 5 aromatic rings. The van der Waals surface area contributed by atoms with Crippen molar-refractivity contribution >= 4 is 17.2 Å². The summed E-state index contributed by atoms with van der Waals surface area (Å²) in [6.45, 7) is 0. The van der Waals surface area contributed by atoms with Crippen LogP contribution in [0.3, 0.4) is 0 Å². The minimum atomic E-state index is -4.62. The molecule has 5 nitrogen and oxygen atoms in total. The molecule has 0 atom stereocenters. The first-order valence-electron chi connectivity index (χ1n) is 10.5. The van der Waals surface area contributed by atoms with E-state index in [2.05, 4.69) is 20.4 Å². The Morgan fingerprint density at radius 3 is 2.11 bits per heavy atom. The minimum Gasteiger partial charge on any atom is -0.324 e. The Hall–Kier alpha value is -4.41. The molecule has 0 saturated heterocycles. The van der Waals surface area contributed by atoms with Gasteiger partial charge < -0.3 is 5.32 Å². The molecule has 3 heterocycles. The summed E-state index contributed by atoms with van der Waals surface area (Å²) in [4.78, 5) is 8.49. The third-order valence-corrected chi connectivity index (χ3v) is 5.40. The molecule has 0 unspecified atom stereocenters. The lowest BCUT2D eigenvalue weighted by molar-refractivity contribution is -0.138. The number of alkyl halides is 6. The normalized spacial score (nSPS) is 12.2. The number of hydrogen-bond donors (Lipinski definition) is 1. The first kappa shape index (κ1) is 23.3. The molecule has 1 N–H and O–H groups in total. The monoisotopic (exact) mass is 499 g/mol. The third kappa shape index (κ3) is 4.47. The van der Waals surface area contributed by atoms with Crippen LogP contribution in [0.2, 0.25) is 0 Å². The maximum Gasteiger partial charge on any atom is 0.418 e. The zero-order chi connectivity index (χ0) is 25.5. The zero-order valence-corrected chi connectivity index (χ0v) is 18.1. The van der Waals surface area contributed by atoms with Gasteiger partial charge in [0.25, 0.3) is 0 Å². The zero-order valence-electron chi connectivity index (χ0n) is 18.1. The molecule has 5 rings (SSSR count). The van der Waals surface area contributed by atoms with Crippen molar-refractivity contribution in [3.8, 4) is 22.5 Å². The van der Waals surface area contributed by atoms with E-state index in [1.54, 1.807) is 30.3 Å². The first-order valence-corrected chi connectivity index (χ1v) is 10.5. The van der Waals surface area contributed by atoms with Crippen LogP contribution in [-0.4, -0.2) is 19.6 Å². The van der Waals surface area contributed by atoms with Crippen molar-refractivity contribution in [1.29, 1.82) is 0 Å². The van der Waals surface area contributed by atoms with Gasteiger partial charge in [-0.3, -0.25) is 4.98 Å². The average molecular weight is 499 g/mol. The molecule has 182 valence electrons. The lowest BCUT2D eigenvalue weighted by Gasteiger charge is -2.12. The molecule has 0 aliphatic heterocycles. The molecular formula is C25H15F6N5. The molecule has 0 aliphatic carbocycles. The number of nitrogens with zero attached hydrogens (tertiary/aromatic N) is 4. The second-order valence-corrected chi connectivity index (χ2v) is 7.79. The Morgan fingerprint density at radius 1 is 0.722 bits per heavy atom. The van der Waals surface area contributed by atoms with Crippen LogP contribution in [0, 0.1) is 0 Å². The van der Waals surface area contributed by atoms with E-state index < -0.39 is 23.5 Å². The summed E-state index contributed by atoms with van der Waals surface area (Å²) in [5.41, 5.74) is -0.0534. The molecule has 0 amide bonds. The van der Waals surface area contributed by atoms with E-state index in [9.17, 15) is 26.3 Å². The van der Waals surface area contributed by atoms with Gasteiger partial charge in [0, 0.05) is 23.0 Å². The Kier molecular flexibility index (Phi) is 5.62. The summed E-state index contributed by atoms with van der Waals surface area (Å²) in [5, 5.41) is 7.22. The number of nitrogens with one attached hydrogen (secondary N) is 1. The lowest BCUT2D eigenvalue weighted by atomic mass is 10.1. The largest absolute Gasteiger partial charge is 0.418 e. The van der Waals surface area contributed by atoms with Crippen molar-refractivity contribution in [1.82, 2.24) is 19.6 Å². The highest BCUT2D eigenvalue weighted by Crippen LogP contribution is 2.37. The summed E-state index contributed by atoms with van der Waals surface area (Å²) < 4.78 is 80.8. The fourth-order valence-corrected chi connectivity index (χ4v) is 3.73. The molecule has 0 bridgehead atoms. The summed E-state index contributed by atoms with van der Waals surface area (Å²) in [7, 11) is 0. The molecule has 0 radical (unpaired) electrons. The fraction of sp³-hybridized carbons (Fsp3) is 0.0800. The van der Waals surface area contributed by atoms with Gasteiger partial charge in [0.05, 0.1) is 28.5 Å². The topological polar surface area (TPSA) is 55.1 Å². The van der Waals surface area contributed by atoms with Gasteiger partial charge in [-0.2, -0.15) is 36.0 Å². The van der Waals surface area contributed by atoms with Crippen molar-refractivity contribution in [2.24, 2.45) is 0 Å². The predicted octanol–water partition coefficient (Wildman–Crippen LogP) is 7.24. The van der Waals surface area contributed by atoms with Crippen molar-refractivity contribution in [2.75, 3.05) is 5.32 Å². The highest BCUT2D eigenvalue weighted by Gasteiger charge is 2.34. The van der Waals surface area contributed by atoms with E-state index in [1.807, 2.05) is 0 Å². The molecule has 2 aromatic carbocycles. The Bertz CT molecular complexity index is 1520. The van der Waals surface area contributed by atoms with Crippen LogP contribution in [0.1, 0.15) is 11.1 Å². The summed E-state index contributed by atoms with van der Waals surface area (Å²) >= 11 is 0. The number of benzene rings is 2. The number of rotatable bonds is 4. The van der Waals surface area contributed by atoms with E-state index in [-0.39, 0.29) is 17.2 Å². The van der Waals surface area contributed by atoms with Crippen LogP contribution >= 0.6 is 0 Å². The average Bonchev–Trinajstić information content (AvgIpc) is 3.21. The summed E-state index contributed by atoms with van der Waals surface area (Å²) in [5.74, 6) is 0.173. The second-order valence-electron chi connectivity index (χ2n) is 7.79. The SMILES string of the molecule is FC(F)(F)c1ccc(Nc2nc(-c3ccccc3)c3cc(-c4ncccc4C(F)(F)F)cnn23)cc1. The molecule has 0 fully saturated rings. The fourth-order valence-electron chi connectivity index (χ4n) is 3.73. The van der Waals surface area contributed by atoms with Gasteiger partial charge >= 0.3 is 12.4 Å². The van der Waals surface area contributed by atoms with Crippen LogP contribution in [0.15, 0.2) is 85.2 Å². The van der Waals surface area contributed by atoms with Gasteiger partial charge in [-0.1, -0.05) is 30.3 Å². The quantitative estimate of drug-likeness (QED) is 0.265. The molecule has 36 heavy (non-hydrogen) atoms. The number of imidazole rings is 1. The van der Waals surface area contributed by atoms with Gasteiger partial charge in [0.2, 0.25) is 5.95 Å². The highest BCUT2D eigenvalue weighted by atomic mass is 19.4. The van der Waals surface area contributed by atoms with Crippen molar-refractivity contribution in [2.45, 2.75) is 12.4 Å². The molecule has 0 aliphatic rings. The number of aromatic nitrogens is 4. The van der Waals surface area contributed by atoms with Crippen LogP contribution < -0.4 is 5.32 Å². The number of anilines is 2. The maximum absolute atomic E-state index is 13.6. The van der Waals surface area contributed by atoms with E-state index in [0.717, 1.165) is 18.2 Å². The summed E-state index contributed by atoms with van der Waals surface area (Å²) in [6, 6.07) is 16.9. The molecular weight excluding hydrogens is 484 g/mol. The van der Waals surface area contributed by atoms with Gasteiger partial charge in [0.15, 0.2) is 0 Å². The van der Waals surface area contributed by atoms with Crippen molar-refractivity contribution in [3.05, 3.63) is 96.3 Å². The molecule has 11 heteroatoms. The van der Waals surface area contributed by atoms with E-state index in [1.165, 1.54) is 41.2 Å². The lowest BCUT2D eigenvalue weighted by Crippen LogP contribution is -2.08. The van der Waals surface area contributed by atoms with Crippen molar-refractivity contribution < 1.29 is 26.3 Å². The Morgan fingerprint density at radius 2 is 1.44 bits per heavy atom. The van der Waals surface area contributed by atoms with Crippen LogP contribution in [0.25, 0.3) is 28.0 Å². The smallest absolute Gasteiger partial charge is 0.324 e. The summed E-state index contributed by atoms with van der Waals surface area (Å²) in [6.07, 6.45) is -6.59. The van der Waals surface area contributed by atoms with Crippen molar-refractivity contribution in [3.63, 3.8) is 0 Å². The predicted molar refractivity (Wildman–Crippen MR) is 121 cm³/mol. The van der Waals surface area contributed by atoms with Crippen LogP contribution in [0.4, 0.5) is 38.0 Å². The van der Waals surface area contributed by atoms with E-state index in [0.29, 0.717) is 22.5 Å². The Balaban J connectivity index is 1.63. The van der Waals surface area contributed by atoms with Gasteiger partial charge in [0.1, 0.15) is 5.69 Å². The standard InChI is InChI=1S/C25H15F6N5/c26-24(27,28)17-8-10-18(11-9-17)34-23-35-22(15-5-2-1-3-6-15)20-13-16(14-33-36(20)23)21-19(25(29,30)31)7-4-12-32-21/h1-14H,(H,34,35). The third-order valence-electron chi connectivity index (χ3n) is 5.40. The maximum atomic E-state index is 13.6.